The van der Waals surface area contributed by atoms with E-state index in [9.17, 15) is 0 Å². The van der Waals surface area contributed by atoms with Crippen molar-refractivity contribution in [2.45, 2.75) is 38.5 Å². The first-order valence-corrected chi connectivity index (χ1v) is 21.2. The van der Waals surface area contributed by atoms with Crippen molar-refractivity contribution in [2.24, 2.45) is 0 Å². The largest absolute Gasteiger partial charge is 0.456 e. The van der Waals surface area contributed by atoms with Crippen LogP contribution in [0.5, 0.6) is 0 Å². The lowest BCUT2D eigenvalue weighted by molar-refractivity contribution is 0.575. The summed E-state index contributed by atoms with van der Waals surface area (Å²) in [5, 5.41) is 1.79. The molecule has 5 nitrogen and oxygen atoms in total. The van der Waals surface area contributed by atoms with Gasteiger partial charge in [-0.3, -0.25) is 0 Å². The number of furan rings is 1. The van der Waals surface area contributed by atoms with Gasteiger partial charge in [-0.15, -0.1) is 0 Å². The molecule has 0 amide bonds. The van der Waals surface area contributed by atoms with Crippen molar-refractivity contribution in [3.05, 3.63) is 209 Å². The van der Waals surface area contributed by atoms with Gasteiger partial charge in [-0.2, -0.15) is 0 Å². The fourth-order valence-corrected chi connectivity index (χ4v) is 9.86. The van der Waals surface area contributed by atoms with Crippen LogP contribution in [0.3, 0.4) is 0 Å². The topological polar surface area (TPSA) is 55.1 Å². The van der Waals surface area contributed by atoms with Crippen LogP contribution in [-0.2, 0) is 10.8 Å². The van der Waals surface area contributed by atoms with Crippen molar-refractivity contribution >= 4 is 34.6 Å². The standard InChI is InChI=1S/C57H44N4O/c1-6-19-49-43(51-42(26-17-31-50(51)62-49)55-59-53(36-20-9-7-10-21-36)58-54(60-55)37-22-11-8-12-23-37)35-61(38-32-33-40-39-24-13-15-27-44(39)57(4,5)47(40)34-38)48-30-18-29-46-52(48)41-25-14-16-28-45(41)56(46,2)3/h6-35H,1H2,2-5H3/b43-35+,49-19+. The van der Waals surface area contributed by atoms with E-state index in [0.29, 0.717) is 22.9 Å². The number of benzene rings is 7. The van der Waals surface area contributed by atoms with Crippen LogP contribution in [0.15, 0.2) is 181 Å². The normalized spacial score (nSPS) is 14.6. The van der Waals surface area contributed by atoms with Gasteiger partial charge in [-0.25, -0.2) is 15.0 Å². The van der Waals surface area contributed by atoms with Gasteiger partial charge < -0.3 is 9.32 Å². The summed E-state index contributed by atoms with van der Waals surface area (Å²) in [6.45, 7) is 13.5. The Balaban J connectivity index is 1.21. The molecule has 62 heavy (non-hydrogen) atoms. The van der Waals surface area contributed by atoms with Gasteiger partial charge in [0.05, 0.1) is 5.69 Å². The van der Waals surface area contributed by atoms with Crippen molar-refractivity contribution in [3.63, 3.8) is 0 Å². The van der Waals surface area contributed by atoms with E-state index in [2.05, 4.69) is 136 Å². The Kier molecular flexibility index (Phi) is 8.59. The predicted molar refractivity (Wildman–Crippen MR) is 254 cm³/mol. The minimum atomic E-state index is -0.191. The van der Waals surface area contributed by atoms with Crippen LogP contribution in [0.2, 0.25) is 0 Å². The van der Waals surface area contributed by atoms with E-state index < -0.39 is 0 Å². The second-order valence-corrected chi connectivity index (χ2v) is 17.3. The molecule has 2 aliphatic rings. The molecule has 7 aromatic carbocycles. The Labute approximate surface area is 361 Å². The summed E-state index contributed by atoms with van der Waals surface area (Å²) in [4.78, 5) is 17.7. The number of rotatable bonds is 7. The fourth-order valence-electron chi connectivity index (χ4n) is 9.86. The molecule has 0 saturated heterocycles. The Morgan fingerprint density at radius 3 is 1.76 bits per heavy atom. The summed E-state index contributed by atoms with van der Waals surface area (Å²) in [7, 11) is 0. The van der Waals surface area contributed by atoms with Gasteiger partial charge in [0.2, 0.25) is 0 Å². The molecule has 0 N–H and O–H groups in total. The Bertz CT molecular complexity index is 3320. The number of hydrogen-bond acceptors (Lipinski definition) is 5. The van der Waals surface area contributed by atoms with Crippen molar-refractivity contribution < 1.29 is 4.42 Å². The average molecular weight is 801 g/mol. The van der Waals surface area contributed by atoms with E-state index in [1.165, 1.54) is 44.5 Å². The van der Waals surface area contributed by atoms with E-state index in [-0.39, 0.29) is 10.8 Å². The minimum absolute atomic E-state index is 0.182. The zero-order valence-electron chi connectivity index (χ0n) is 35.2. The molecule has 2 heterocycles. The number of fused-ring (bicyclic) bond motifs is 7. The Morgan fingerprint density at radius 1 is 0.516 bits per heavy atom. The average Bonchev–Trinajstić information content (AvgIpc) is 3.87. The molecule has 5 heteroatoms. The maximum atomic E-state index is 6.78. The highest BCUT2D eigenvalue weighted by Gasteiger charge is 2.39. The highest BCUT2D eigenvalue weighted by Crippen LogP contribution is 2.54. The lowest BCUT2D eigenvalue weighted by Gasteiger charge is -2.28. The SMILES string of the molecule is C=C/C=c1/oc2cccc(-c3nc(-c4ccccc4)nc(-c4ccccc4)n3)c2/c1=C/N(c1ccc2c(c1)C(C)(C)c1ccccc1-2)c1cccc2c1-c1ccccc1C2(C)C. The molecular formula is C57H44N4O. The molecule has 0 spiro atoms. The molecule has 9 aromatic rings. The maximum Gasteiger partial charge on any atom is 0.164 e. The molecule has 298 valence electrons. The first-order valence-electron chi connectivity index (χ1n) is 21.2. The first-order chi connectivity index (χ1) is 30.2. The number of nitrogens with zero attached hydrogens (tertiary/aromatic N) is 4. The fraction of sp³-hybridized carbons (Fsp3) is 0.105. The van der Waals surface area contributed by atoms with E-state index in [4.69, 9.17) is 19.4 Å². The number of hydrogen-bond donors (Lipinski definition) is 0. The van der Waals surface area contributed by atoms with Crippen LogP contribution >= 0.6 is 0 Å². The molecule has 0 saturated carbocycles. The van der Waals surface area contributed by atoms with E-state index in [1.54, 1.807) is 6.08 Å². The zero-order chi connectivity index (χ0) is 42.2. The molecule has 0 unspecified atom stereocenters. The number of anilines is 2. The Morgan fingerprint density at radius 2 is 1.06 bits per heavy atom. The summed E-state index contributed by atoms with van der Waals surface area (Å²) in [6.07, 6.45) is 5.99. The highest BCUT2D eigenvalue weighted by molar-refractivity contribution is 5.98. The van der Waals surface area contributed by atoms with Crippen LogP contribution in [-0.4, -0.2) is 15.0 Å². The van der Waals surface area contributed by atoms with Crippen LogP contribution < -0.4 is 15.5 Å². The van der Waals surface area contributed by atoms with E-state index >= 15 is 0 Å². The molecular weight excluding hydrogens is 757 g/mol. The molecule has 2 aromatic heterocycles. The van der Waals surface area contributed by atoms with Gasteiger partial charge in [0.1, 0.15) is 11.0 Å². The third-order valence-corrected chi connectivity index (χ3v) is 12.9. The molecule has 11 rings (SSSR count). The van der Waals surface area contributed by atoms with Gasteiger partial charge in [-0.05, 0) is 69.3 Å². The monoisotopic (exact) mass is 800 g/mol. The summed E-state index contributed by atoms with van der Waals surface area (Å²) in [5.41, 5.74) is 16.1. The van der Waals surface area contributed by atoms with Crippen LogP contribution in [0, 0.1) is 0 Å². The van der Waals surface area contributed by atoms with E-state index in [1.807, 2.05) is 78.9 Å². The number of aromatic nitrogens is 3. The van der Waals surface area contributed by atoms with E-state index in [0.717, 1.165) is 44.3 Å². The zero-order valence-corrected chi connectivity index (χ0v) is 35.2. The maximum absolute atomic E-state index is 6.78. The highest BCUT2D eigenvalue weighted by atomic mass is 16.3. The third kappa shape index (κ3) is 5.80. The predicted octanol–water partition coefficient (Wildman–Crippen LogP) is 12.8. The lowest BCUT2D eigenvalue weighted by atomic mass is 9.82. The molecule has 0 aliphatic heterocycles. The first kappa shape index (κ1) is 37.4. The van der Waals surface area contributed by atoms with Crippen molar-refractivity contribution in [1.29, 1.82) is 0 Å². The molecule has 0 bridgehead atoms. The second-order valence-electron chi connectivity index (χ2n) is 17.3. The van der Waals surface area contributed by atoms with Crippen LogP contribution in [0.1, 0.15) is 49.9 Å². The third-order valence-electron chi connectivity index (χ3n) is 12.9. The molecule has 0 fully saturated rings. The van der Waals surface area contributed by atoms with Crippen molar-refractivity contribution in [1.82, 2.24) is 15.0 Å². The van der Waals surface area contributed by atoms with Gasteiger partial charge in [0.15, 0.2) is 17.5 Å². The van der Waals surface area contributed by atoms with Crippen molar-refractivity contribution in [2.75, 3.05) is 4.90 Å². The molecule has 2 aliphatic carbocycles. The summed E-state index contributed by atoms with van der Waals surface area (Å²) < 4.78 is 6.78. The smallest absolute Gasteiger partial charge is 0.164 e. The summed E-state index contributed by atoms with van der Waals surface area (Å²) in [6, 6.07) is 57.7. The minimum Gasteiger partial charge on any atom is -0.456 e. The molecule has 0 atom stereocenters. The van der Waals surface area contributed by atoms with Crippen LogP contribution in [0.4, 0.5) is 11.4 Å². The van der Waals surface area contributed by atoms with Crippen molar-refractivity contribution in [3.8, 4) is 56.4 Å². The van der Waals surface area contributed by atoms with Gasteiger partial charge >= 0.3 is 0 Å². The number of allylic oxidation sites excluding steroid dienone is 1. The molecule has 0 radical (unpaired) electrons. The summed E-state index contributed by atoms with van der Waals surface area (Å²) in [5.74, 6) is 1.76. The van der Waals surface area contributed by atoms with Crippen LogP contribution in [0.25, 0.3) is 79.7 Å². The lowest BCUT2D eigenvalue weighted by Crippen LogP contribution is -2.26. The Hall–Kier alpha value is -7.63. The van der Waals surface area contributed by atoms with Gasteiger partial charge in [0.25, 0.3) is 0 Å². The van der Waals surface area contributed by atoms with Gasteiger partial charge in [-0.1, -0.05) is 180 Å². The summed E-state index contributed by atoms with van der Waals surface area (Å²) >= 11 is 0. The second kappa shape index (κ2) is 14.2. The quantitative estimate of drug-likeness (QED) is 0.161. The van der Waals surface area contributed by atoms with Gasteiger partial charge in [0, 0.05) is 55.6 Å².